The monoisotopic (exact) mass is 227 g/mol. The van der Waals surface area contributed by atoms with E-state index >= 15 is 0 Å². The van der Waals surface area contributed by atoms with Crippen LogP contribution in [0.5, 0.6) is 0 Å². The van der Waals surface area contributed by atoms with Crippen molar-refractivity contribution in [2.75, 3.05) is 0 Å². The molecule has 0 heterocycles. The Morgan fingerprint density at radius 2 is 1.33 bits per heavy atom. The van der Waals surface area contributed by atoms with Crippen LogP contribution in [-0.4, -0.2) is 28.1 Å². The van der Waals surface area contributed by atoms with Gasteiger partial charge in [-0.2, -0.15) is 0 Å². The average Bonchev–Trinajstić information content (AvgIpc) is 0.811. The first-order valence-electron chi connectivity index (χ1n) is 0.548. The Kier molecular flexibility index (Phi) is 25.0. The van der Waals surface area contributed by atoms with Gasteiger partial charge in [-0.25, -0.2) is 0 Å². The molecule has 0 bridgehead atoms. The van der Waals surface area contributed by atoms with Gasteiger partial charge in [-0.05, 0) is 0 Å². The van der Waals surface area contributed by atoms with Crippen LogP contribution in [0, 0.1) is 56.6 Å². The van der Waals surface area contributed by atoms with Crippen LogP contribution in [0.25, 0.3) is 0 Å². The maximum absolute atomic E-state index is 8.25. The molecule has 0 rings (SSSR count). The van der Waals surface area contributed by atoms with Crippen LogP contribution in [-0.2, 0) is 0 Å². The summed E-state index contributed by atoms with van der Waals surface area (Å²) in [4.78, 5) is 8.25. The van der Waals surface area contributed by atoms with Gasteiger partial charge in [0.25, 0.3) is 0 Å². The van der Waals surface area contributed by atoms with Crippen LogP contribution in [0.15, 0.2) is 0 Å². The van der Waals surface area contributed by atoms with Crippen molar-refractivity contribution in [2.45, 2.75) is 0 Å². The first kappa shape index (κ1) is 15.7. The summed E-state index contributed by atoms with van der Waals surface area (Å²) in [5.41, 5.74) is 0. The molecule has 0 aromatic rings. The van der Waals surface area contributed by atoms with Gasteiger partial charge in [0.2, 0.25) is 0 Å². The molecule has 0 N–H and O–H groups in total. The quantitative estimate of drug-likeness (QED) is 0.315. The standard InChI is InChI=1S/Mg.NO3.Pr/c;2-1(3)4;/q+2;-1;+3. The first-order chi connectivity index (χ1) is 1.73. The van der Waals surface area contributed by atoms with Crippen LogP contribution in [0.1, 0.15) is 0 Å². The predicted octanol–water partition coefficient (Wildman–Crippen LogP) is -0.620. The van der Waals surface area contributed by atoms with E-state index in [1.54, 1.807) is 0 Å². The molecule has 0 aromatic carbocycles. The second kappa shape index (κ2) is 9.59. The van der Waals surface area contributed by atoms with E-state index in [0.717, 1.165) is 0 Å². The normalized spacial score (nSPS) is 4.00. The van der Waals surface area contributed by atoms with Crippen LogP contribution in [0.3, 0.4) is 0 Å². The van der Waals surface area contributed by atoms with Crippen molar-refractivity contribution in [3.05, 3.63) is 15.3 Å². The van der Waals surface area contributed by atoms with E-state index in [9.17, 15) is 0 Å². The molecule has 0 aromatic heterocycles. The van der Waals surface area contributed by atoms with Crippen LogP contribution in [0.2, 0.25) is 0 Å². The zero-order valence-electron chi connectivity index (χ0n) is 2.96. The predicted molar refractivity (Wildman–Crippen MR) is 16.1 cm³/mol. The third-order valence-electron chi connectivity index (χ3n) is 0. The molecule has 0 aliphatic rings. The number of hydrogen-bond donors (Lipinski definition) is 0. The summed E-state index contributed by atoms with van der Waals surface area (Å²) < 4.78 is 0. The van der Waals surface area contributed by atoms with Crippen molar-refractivity contribution in [2.24, 2.45) is 0 Å². The van der Waals surface area contributed by atoms with Gasteiger partial charge in [-0.1, -0.05) is 0 Å². The molecule has 0 saturated carbocycles. The van der Waals surface area contributed by atoms with Crippen LogP contribution < -0.4 is 0 Å². The summed E-state index contributed by atoms with van der Waals surface area (Å²) in [7, 11) is 0. The molecule has 6 heavy (non-hydrogen) atoms. The maximum atomic E-state index is 8.25. The molecular formula is MgNO3Pr+4. The van der Waals surface area contributed by atoms with Gasteiger partial charge in [-0.3, -0.25) is 0 Å². The van der Waals surface area contributed by atoms with Crippen LogP contribution in [0.4, 0.5) is 0 Å². The summed E-state index contributed by atoms with van der Waals surface area (Å²) in [6, 6.07) is 0. The van der Waals surface area contributed by atoms with E-state index in [-0.39, 0.29) is 64.3 Å². The van der Waals surface area contributed by atoms with Crippen molar-refractivity contribution in [1.29, 1.82) is 0 Å². The Morgan fingerprint density at radius 1 is 1.33 bits per heavy atom. The van der Waals surface area contributed by atoms with Crippen molar-refractivity contribution in [1.82, 2.24) is 0 Å². The largest absolute Gasteiger partial charge is 3.00 e. The molecular weight excluding hydrogens is 227 g/mol. The third-order valence-corrected chi connectivity index (χ3v) is 0. The Balaban J connectivity index is -0.0000000450. The molecule has 0 aliphatic heterocycles. The summed E-state index contributed by atoms with van der Waals surface area (Å²) in [6.45, 7) is 0. The molecule has 0 fully saturated rings. The van der Waals surface area contributed by atoms with Crippen molar-refractivity contribution in [3.8, 4) is 0 Å². The molecule has 0 spiro atoms. The molecule has 0 unspecified atom stereocenters. The Morgan fingerprint density at radius 3 is 1.33 bits per heavy atom. The second-order valence-corrected chi connectivity index (χ2v) is 0.224. The van der Waals surface area contributed by atoms with Crippen molar-refractivity contribution in [3.63, 3.8) is 0 Å². The van der Waals surface area contributed by atoms with E-state index in [1.165, 1.54) is 0 Å². The fourth-order valence-corrected chi connectivity index (χ4v) is 0. The molecule has 0 aliphatic carbocycles. The molecule has 0 atom stereocenters. The Hall–Kier alpha value is 1.33. The van der Waals surface area contributed by atoms with E-state index in [2.05, 4.69) is 0 Å². The van der Waals surface area contributed by atoms with E-state index in [0.29, 0.717) is 0 Å². The maximum Gasteiger partial charge on any atom is 3.00 e. The number of hydrogen-bond acceptors (Lipinski definition) is 3. The Bertz CT molecular complexity index is 33.8. The van der Waals surface area contributed by atoms with Gasteiger partial charge in [-0.15, -0.1) is 0 Å². The zero-order valence-corrected chi connectivity index (χ0v) is 8.08. The molecule has 0 radical (unpaired) electrons. The SMILES string of the molecule is O=[N+]([O-])[O-].[Mg+2].[Pr+3]. The summed E-state index contributed by atoms with van der Waals surface area (Å²) in [5.74, 6) is 0. The zero-order chi connectivity index (χ0) is 3.58. The Labute approximate surface area is 83.5 Å². The molecule has 24 valence electrons. The minimum atomic E-state index is -1.75. The molecule has 0 saturated heterocycles. The van der Waals surface area contributed by atoms with Gasteiger partial charge in [0.15, 0.2) is 0 Å². The van der Waals surface area contributed by atoms with Gasteiger partial charge < -0.3 is 15.3 Å². The molecule has 4 nitrogen and oxygen atoms in total. The van der Waals surface area contributed by atoms with E-state index in [1.807, 2.05) is 0 Å². The van der Waals surface area contributed by atoms with Crippen molar-refractivity contribution < 1.29 is 46.4 Å². The third kappa shape index (κ3) is 56.5. The minimum absolute atomic E-state index is 0. The first-order valence-corrected chi connectivity index (χ1v) is 0.548. The summed E-state index contributed by atoms with van der Waals surface area (Å²) in [6.07, 6.45) is 0. The van der Waals surface area contributed by atoms with Crippen LogP contribution >= 0.6 is 0 Å². The summed E-state index contributed by atoms with van der Waals surface area (Å²) in [5, 5.41) is 14.8. The average molecular weight is 227 g/mol. The fraction of sp³-hybridized carbons (Fsp3) is 0. The summed E-state index contributed by atoms with van der Waals surface area (Å²) >= 11 is 0. The molecule has 0 amide bonds. The fourth-order valence-electron chi connectivity index (χ4n) is 0. The van der Waals surface area contributed by atoms with Gasteiger partial charge in [0, 0.05) is 0 Å². The van der Waals surface area contributed by atoms with Gasteiger partial charge >= 0.3 is 64.3 Å². The van der Waals surface area contributed by atoms with E-state index in [4.69, 9.17) is 15.3 Å². The van der Waals surface area contributed by atoms with Gasteiger partial charge in [0.1, 0.15) is 0 Å². The van der Waals surface area contributed by atoms with Crippen molar-refractivity contribution >= 4 is 23.1 Å². The second-order valence-electron chi connectivity index (χ2n) is 0.224. The van der Waals surface area contributed by atoms with E-state index < -0.39 is 5.09 Å². The smallest absolute Gasteiger partial charge is 0.356 e. The minimum Gasteiger partial charge on any atom is -0.356 e. The number of nitrogens with zero attached hydrogens (tertiary/aromatic N) is 1. The topological polar surface area (TPSA) is 66.2 Å². The molecule has 6 heteroatoms. The van der Waals surface area contributed by atoms with Gasteiger partial charge in [0.05, 0.1) is 5.09 Å². The number of rotatable bonds is 0.